The fraction of sp³-hybridized carbons (Fsp3) is 0.400. The summed E-state index contributed by atoms with van der Waals surface area (Å²) in [5.74, 6) is 1.24. The van der Waals surface area contributed by atoms with Gasteiger partial charge in [0.1, 0.15) is 19.9 Å². The number of hydrogen-bond donors (Lipinski definition) is 1. The molecule has 1 aliphatic rings. The van der Waals surface area contributed by atoms with Crippen molar-refractivity contribution in [3.05, 3.63) is 23.8 Å². The number of para-hydroxylation sites is 1. The van der Waals surface area contributed by atoms with Crippen molar-refractivity contribution in [2.75, 3.05) is 19.9 Å². The third-order valence-corrected chi connectivity index (χ3v) is 2.16. The minimum atomic E-state index is -0.633. The van der Waals surface area contributed by atoms with Gasteiger partial charge in [-0.15, -0.1) is 0 Å². The fourth-order valence-electron chi connectivity index (χ4n) is 1.47. The lowest BCUT2D eigenvalue weighted by atomic mass is 10.1. The molecule has 0 spiro atoms. The molecular weight excluding hydrogens is 185 g/mol. The fourth-order valence-corrected chi connectivity index (χ4v) is 1.47. The molecule has 0 saturated carbocycles. The third-order valence-electron chi connectivity index (χ3n) is 2.16. The zero-order valence-corrected chi connectivity index (χ0v) is 7.70. The van der Waals surface area contributed by atoms with Crippen molar-refractivity contribution in [2.45, 2.75) is 6.04 Å². The molecule has 2 rings (SSSR count). The summed E-state index contributed by atoms with van der Waals surface area (Å²) < 4.78 is 23.2. The predicted octanol–water partition coefficient (Wildman–Crippen LogP) is 1.43. The molecule has 76 valence electrons. The Kier molecular flexibility index (Phi) is 2.54. The molecule has 0 saturated heterocycles. The van der Waals surface area contributed by atoms with Crippen LogP contribution in [0.4, 0.5) is 4.39 Å². The summed E-state index contributed by atoms with van der Waals surface area (Å²) in [6.07, 6.45) is 0. The van der Waals surface area contributed by atoms with Crippen LogP contribution >= 0.6 is 0 Å². The Morgan fingerprint density at radius 3 is 2.93 bits per heavy atom. The first kappa shape index (κ1) is 9.27. The lowest BCUT2D eigenvalue weighted by Gasteiger charge is -2.22. The Morgan fingerprint density at radius 1 is 1.36 bits per heavy atom. The first-order chi connectivity index (χ1) is 6.83. The normalized spacial score (nSPS) is 16.4. The molecule has 0 fully saturated rings. The minimum absolute atomic E-state index is 0.489. The monoisotopic (exact) mass is 197 g/mol. The number of fused-ring (bicyclic) bond motifs is 1. The second-order valence-electron chi connectivity index (χ2n) is 3.13. The molecule has 0 aliphatic carbocycles. The van der Waals surface area contributed by atoms with Crippen LogP contribution in [-0.2, 0) is 0 Å². The Balaban J connectivity index is 2.39. The van der Waals surface area contributed by atoms with Gasteiger partial charge in [0.15, 0.2) is 11.5 Å². The molecule has 0 aromatic heterocycles. The van der Waals surface area contributed by atoms with Crippen LogP contribution in [0.15, 0.2) is 18.2 Å². The molecule has 0 bridgehead atoms. The highest BCUT2D eigenvalue weighted by molar-refractivity contribution is 5.48. The number of benzene rings is 1. The first-order valence-electron chi connectivity index (χ1n) is 4.53. The van der Waals surface area contributed by atoms with E-state index in [1.54, 1.807) is 18.2 Å². The van der Waals surface area contributed by atoms with E-state index in [2.05, 4.69) is 0 Å². The minimum Gasteiger partial charge on any atom is -0.486 e. The predicted molar refractivity (Wildman–Crippen MR) is 50.3 cm³/mol. The molecular formula is C10H12FNO2. The Morgan fingerprint density at radius 2 is 2.14 bits per heavy atom. The van der Waals surface area contributed by atoms with Crippen LogP contribution in [0, 0.1) is 0 Å². The van der Waals surface area contributed by atoms with Crippen molar-refractivity contribution in [3.63, 3.8) is 0 Å². The molecule has 0 amide bonds. The van der Waals surface area contributed by atoms with Crippen LogP contribution < -0.4 is 15.2 Å². The molecule has 4 heteroatoms. The van der Waals surface area contributed by atoms with E-state index in [4.69, 9.17) is 15.2 Å². The zero-order valence-electron chi connectivity index (χ0n) is 7.70. The van der Waals surface area contributed by atoms with Gasteiger partial charge in [-0.2, -0.15) is 0 Å². The van der Waals surface area contributed by atoms with E-state index >= 15 is 0 Å². The van der Waals surface area contributed by atoms with Crippen LogP contribution in [-0.4, -0.2) is 19.9 Å². The van der Waals surface area contributed by atoms with Crippen molar-refractivity contribution in [3.8, 4) is 11.5 Å². The van der Waals surface area contributed by atoms with Gasteiger partial charge in [-0.25, -0.2) is 4.39 Å². The Labute approximate surface area is 81.6 Å². The highest BCUT2D eigenvalue weighted by Crippen LogP contribution is 2.36. The van der Waals surface area contributed by atoms with E-state index in [9.17, 15) is 4.39 Å². The van der Waals surface area contributed by atoms with Gasteiger partial charge in [0, 0.05) is 5.56 Å². The van der Waals surface area contributed by atoms with E-state index in [0.29, 0.717) is 30.3 Å². The van der Waals surface area contributed by atoms with Gasteiger partial charge < -0.3 is 15.2 Å². The molecule has 0 radical (unpaired) electrons. The number of ether oxygens (including phenoxy) is 2. The number of hydrogen-bond acceptors (Lipinski definition) is 3. The van der Waals surface area contributed by atoms with Crippen LogP contribution in [0.1, 0.15) is 11.6 Å². The number of rotatable bonds is 2. The van der Waals surface area contributed by atoms with E-state index < -0.39 is 12.7 Å². The van der Waals surface area contributed by atoms with Gasteiger partial charge in [-0.3, -0.25) is 0 Å². The van der Waals surface area contributed by atoms with Crippen LogP contribution in [0.5, 0.6) is 11.5 Å². The second-order valence-corrected chi connectivity index (χ2v) is 3.13. The summed E-state index contributed by atoms with van der Waals surface area (Å²) in [4.78, 5) is 0. The van der Waals surface area contributed by atoms with Crippen molar-refractivity contribution in [1.82, 2.24) is 0 Å². The Bertz CT molecular complexity index is 330. The summed E-state index contributed by atoms with van der Waals surface area (Å²) in [5, 5.41) is 0. The SMILES string of the molecule is NC(CF)c1cccc2c1OCCO2. The Hall–Kier alpha value is -1.29. The largest absolute Gasteiger partial charge is 0.486 e. The summed E-state index contributed by atoms with van der Waals surface area (Å²) in [5.41, 5.74) is 6.28. The third kappa shape index (κ3) is 1.53. The zero-order chi connectivity index (χ0) is 9.97. The summed E-state index contributed by atoms with van der Waals surface area (Å²) in [6, 6.07) is 4.71. The van der Waals surface area contributed by atoms with Crippen molar-refractivity contribution in [1.29, 1.82) is 0 Å². The first-order valence-corrected chi connectivity index (χ1v) is 4.53. The summed E-state index contributed by atoms with van der Waals surface area (Å²) in [7, 11) is 0. The molecule has 14 heavy (non-hydrogen) atoms. The van der Waals surface area contributed by atoms with Gasteiger partial charge in [0.25, 0.3) is 0 Å². The lowest BCUT2D eigenvalue weighted by Crippen LogP contribution is -2.20. The van der Waals surface area contributed by atoms with E-state index in [-0.39, 0.29) is 0 Å². The molecule has 1 atom stereocenters. The van der Waals surface area contributed by atoms with Gasteiger partial charge in [0.05, 0.1) is 6.04 Å². The molecule has 1 aromatic rings. The van der Waals surface area contributed by atoms with E-state index in [0.717, 1.165) is 0 Å². The standard InChI is InChI=1S/C10H12FNO2/c11-6-8(12)7-2-1-3-9-10(7)14-5-4-13-9/h1-3,8H,4-6,12H2. The highest BCUT2D eigenvalue weighted by Gasteiger charge is 2.19. The number of nitrogens with two attached hydrogens (primary N) is 1. The van der Waals surface area contributed by atoms with Crippen LogP contribution in [0.2, 0.25) is 0 Å². The molecule has 1 aromatic carbocycles. The topological polar surface area (TPSA) is 44.5 Å². The average molecular weight is 197 g/mol. The summed E-state index contributed by atoms with van der Waals surface area (Å²) in [6.45, 7) is 0.421. The quantitative estimate of drug-likeness (QED) is 0.780. The van der Waals surface area contributed by atoms with Crippen LogP contribution in [0.25, 0.3) is 0 Å². The van der Waals surface area contributed by atoms with E-state index in [1.807, 2.05) is 0 Å². The number of alkyl halides is 1. The van der Waals surface area contributed by atoms with Crippen LogP contribution in [0.3, 0.4) is 0 Å². The van der Waals surface area contributed by atoms with Gasteiger partial charge >= 0.3 is 0 Å². The molecule has 1 heterocycles. The van der Waals surface area contributed by atoms with Crippen molar-refractivity contribution < 1.29 is 13.9 Å². The second kappa shape index (κ2) is 3.84. The van der Waals surface area contributed by atoms with Gasteiger partial charge in [0.2, 0.25) is 0 Å². The van der Waals surface area contributed by atoms with Crippen molar-refractivity contribution in [2.24, 2.45) is 5.73 Å². The molecule has 3 nitrogen and oxygen atoms in total. The van der Waals surface area contributed by atoms with Gasteiger partial charge in [-0.1, -0.05) is 12.1 Å². The average Bonchev–Trinajstić information content (AvgIpc) is 2.27. The maximum atomic E-state index is 12.4. The maximum absolute atomic E-state index is 12.4. The summed E-state index contributed by atoms with van der Waals surface area (Å²) >= 11 is 0. The number of halogens is 1. The lowest BCUT2D eigenvalue weighted by molar-refractivity contribution is 0.168. The smallest absolute Gasteiger partial charge is 0.166 e. The molecule has 2 N–H and O–H groups in total. The van der Waals surface area contributed by atoms with Crippen molar-refractivity contribution >= 4 is 0 Å². The van der Waals surface area contributed by atoms with Gasteiger partial charge in [-0.05, 0) is 6.07 Å². The molecule has 1 unspecified atom stereocenters. The van der Waals surface area contributed by atoms with E-state index in [1.165, 1.54) is 0 Å². The highest BCUT2D eigenvalue weighted by atomic mass is 19.1. The maximum Gasteiger partial charge on any atom is 0.166 e. The molecule has 1 aliphatic heterocycles.